The van der Waals surface area contributed by atoms with E-state index in [0.717, 1.165) is 40.9 Å². The number of aromatic nitrogens is 4. The summed E-state index contributed by atoms with van der Waals surface area (Å²) in [5.74, 6) is 1.38. The molecule has 0 spiro atoms. The van der Waals surface area contributed by atoms with Gasteiger partial charge in [-0.1, -0.05) is 11.9 Å². The first-order valence-corrected chi connectivity index (χ1v) is 11.2. The van der Waals surface area contributed by atoms with Crippen molar-refractivity contribution < 1.29 is 4.74 Å². The van der Waals surface area contributed by atoms with Crippen LogP contribution in [0, 0.1) is 0 Å². The first kappa shape index (κ1) is 17.5. The number of anilines is 1. The molecular formula is C21H24N6OS. The molecule has 3 aliphatic rings. The van der Waals surface area contributed by atoms with Crippen LogP contribution in [0.3, 0.4) is 0 Å². The number of H-pyrrole nitrogens is 1. The Bertz CT molecular complexity index is 1040. The molecule has 8 heteroatoms. The van der Waals surface area contributed by atoms with Gasteiger partial charge < -0.3 is 14.6 Å². The van der Waals surface area contributed by atoms with E-state index in [1.165, 1.54) is 31.4 Å². The molecule has 0 radical (unpaired) electrons. The molecule has 1 saturated carbocycles. The molecule has 3 aromatic rings. The third-order valence-corrected chi connectivity index (χ3v) is 7.75. The molecule has 5 heterocycles. The quantitative estimate of drug-likeness (QED) is 0.648. The first-order valence-electron chi connectivity index (χ1n) is 10.3. The lowest BCUT2D eigenvalue weighted by Gasteiger charge is -2.41. The number of fused-ring (bicyclic) bond motifs is 3. The number of nitrogens with zero attached hydrogens (tertiary/aromatic N) is 5. The number of ether oxygens (including phenoxy) is 1. The van der Waals surface area contributed by atoms with Crippen LogP contribution in [0.5, 0.6) is 5.88 Å². The van der Waals surface area contributed by atoms with E-state index in [2.05, 4.69) is 42.2 Å². The second-order valence-corrected chi connectivity index (χ2v) is 9.45. The molecule has 7 nitrogen and oxygen atoms in total. The molecule has 2 atom stereocenters. The van der Waals surface area contributed by atoms with Crippen molar-refractivity contribution in [3.63, 3.8) is 0 Å². The highest BCUT2D eigenvalue weighted by atomic mass is 32.2. The van der Waals surface area contributed by atoms with E-state index in [4.69, 9.17) is 9.72 Å². The standard InChI is InChI=1S/C21H24N6OS/c1-28-18-10-13(6-8-22-18)20-24-19-17(7-9-23-21(19)25-20)26-11-14-2-3-15(12-26)27(14)29-16-4-5-16/h6-10,14-16H,2-5,11-12H2,1H3,(H,23,24,25). The maximum absolute atomic E-state index is 5.26. The number of rotatable bonds is 5. The molecule has 2 unspecified atom stereocenters. The predicted molar refractivity (Wildman–Crippen MR) is 115 cm³/mol. The van der Waals surface area contributed by atoms with Gasteiger partial charge in [0.25, 0.3) is 0 Å². The van der Waals surface area contributed by atoms with Crippen molar-refractivity contribution in [2.24, 2.45) is 0 Å². The molecule has 0 amide bonds. The van der Waals surface area contributed by atoms with E-state index < -0.39 is 0 Å². The number of aromatic amines is 1. The summed E-state index contributed by atoms with van der Waals surface area (Å²) >= 11 is 2.13. The Morgan fingerprint density at radius 2 is 1.86 bits per heavy atom. The fraction of sp³-hybridized carbons (Fsp3) is 0.476. The Morgan fingerprint density at radius 1 is 1.07 bits per heavy atom. The Kier molecular flexibility index (Phi) is 4.16. The van der Waals surface area contributed by atoms with Crippen LogP contribution in [0.15, 0.2) is 30.6 Å². The molecule has 3 aromatic heterocycles. The highest BCUT2D eigenvalue weighted by Gasteiger charge is 2.43. The largest absolute Gasteiger partial charge is 0.481 e. The van der Waals surface area contributed by atoms with Crippen molar-refractivity contribution in [2.75, 3.05) is 25.1 Å². The molecule has 2 aliphatic heterocycles. The van der Waals surface area contributed by atoms with Crippen molar-refractivity contribution >= 4 is 28.8 Å². The van der Waals surface area contributed by atoms with E-state index in [1.54, 1.807) is 13.3 Å². The Labute approximate surface area is 174 Å². The Hall–Kier alpha value is -2.32. The number of nitrogens with one attached hydrogen (secondary N) is 1. The van der Waals surface area contributed by atoms with Crippen molar-refractivity contribution in [2.45, 2.75) is 43.0 Å². The maximum Gasteiger partial charge on any atom is 0.213 e. The van der Waals surface area contributed by atoms with Gasteiger partial charge in [-0.05, 0) is 37.8 Å². The minimum absolute atomic E-state index is 0.581. The molecule has 2 bridgehead atoms. The summed E-state index contributed by atoms with van der Waals surface area (Å²) in [6.45, 7) is 2.15. The molecule has 3 fully saturated rings. The van der Waals surface area contributed by atoms with Crippen LogP contribution in [0.1, 0.15) is 25.7 Å². The van der Waals surface area contributed by atoms with Gasteiger partial charge in [-0.15, -0.1) is 0 Å². The average Bonchev–Trinajstić information content (AvgIpc) is 3.41. The zero-order valence-electron chi connectivity index (χ0n) is 16.4. The minimum Gasteiger partial charge on any atom is -0.481 e. The van der Waals surface area contributed by atoms with Crippen molar-refractivity contribution in [1.29, 1.82) is 0 Å². The SMILES string of the molecule is COc1cc(-c2nc3nccc(N4CC5CCC(C4)N5SC4CC4)c3[nH]2)ccn1. The van der Waals surface area contributed by atoms with Crippen LogP contribution in [0.4, 0.5) is 5.69 Å². The fourth-order valence-corrected chi connectivity index (χ4v) is 5.92. The molecule has 1 N–H and O–H groups in total. The summed E-state index contributed by atoms with van der Waals surface area (Å²) in [6, 6.07) is 7.25. The van der Waals surface area contributed by atoms with Gasteiger partial charge in [-0.3, -0.25) is 0 Å². The van der Waals surface area contributed by atoms with Crippen LogP contribution in [-0.4, -0.2) is 61.8 Å². The molecule has 29 heavy (non-hydrogen) atoms. The Morgan fingerprint density at radius 3 is 2.62 bits per heavy atom. The van der Waals surface area contributed by atoms with E-state index in [1.807, 2.05) is 18.3 Å². The summed E-state index contributed by atoms with van der Waals surface area (Å²) in [5.41, 5.74) is 3.94. The average molecular weight is 409 g/mol. The van der Waals surface area contributed by atoms with Crippen LogP contribution < -0.4 is 9.64 Å². The summed E-state index contributed by atoms with van der Waals surface area (Å²) in [5, 5.41) is 0.879. The number of methoxy groups -OCH3 is 1. The number of piperazine rings is 1. The molecule has 6 rings (SSSR count). The van der Waals surface area contributed by atoms with Gasteiger partial charge in [-0.25, -0.2) is 19.3 Å². The first-order chi connectivity index (χ1) is 14.3. The van der Waals surface area contributed by atoms with Gasteiger partial charge in [0, 0.05) is 54.4 Å². The van der Waals surface area contributed by atoms with Crippen LogP contribution in [-0.2, 0) is 0 Å². The van der Waals surface area contributed by atoms with E-state index in [0.29, 0.717) is 18.0 Å². The predicted octanol–water partition coefficient (Wildman–Crippen LogP) is 3.49. The number of pyridine rings is 2. The fourth-order valence-electron chi connectivity index (χ4n) is 4.55. The van der Waals surface area contributed by atoms with Gasteiger partial charge in [0.05, 0.1) is 12.8 Å². The summed E-state index contributed by atoms with van der Waals surface area (Å²) in [4.78, 5) is 19.5. The summed E-state index contributed by atoms with van der Waals surface area (Å²) in [6.07, 6.45) is 9.02. The zero-order chi connectivity index (χ0) is 19.4. The number of imidazole rings is 1. The lowest BCUT2D eigenvalue weighted by molar-refractivity contribution is 0.314. The second-order valence-electron chi connectivity index (χ2n) is 8.16. The highest BCUT2D eigenvalue weighted by molar-refractivity contribution is 7.97. The van der Waals surface area contributed by atoms with Gasteiger partial charge >= 0.3 is 0 Å². The third kappa shape index (κ3) is 3.14. The van der Waals surface area contributed by atoms with E-state index >= 15 is 0 Å². The smallest absolute Gasteiger partial charge is 0.213 e. The van der Waals surface area contributed by atoms with Crippen LogP contribution >= 0.6 is 11.9 Å². The molecule has 150 valence electrons. The van der Waals surface area contributed by atoms with Crippen LogP contribution in [0.25, 0.3) is 22.6 Å². The van der Waals surface area contributed by atoms with Gasteiger partial charge in [-0.2, -0.15) is 0 Å². The Balaban J connectivity index is 1.32. The lowest BCUT2D eigenvalue weighted by atomic mass is 10.2. The third-order valence-electron chi connectivity index (χ3n) is 6.14. The highest BCUT2D eigenvalue weighted by Crippen LogP contribution is 2.45. The monoisotopic (exact) mass is 408 g/mol. The molecule has 0 aromatic carbocycles. The van der Waals surface area contributed by atoms with Gasteiger partial charge in [0.15, 0.2) is 5.65 Å². The van der Waals surface area contributed by atoms with Gasteiger partial charge in [0.2, 0.25) is 5.88 Å². The number of hydrogen-bond donors (Lipinski definition) is 1. The zero-order valence-corrected chi connectivity index (χ0v) is 17.2. The number of hydrogen-bond acceptors (Lipinski definition) is 7. The topological polar surface area (TPSA) is 70.2 Å². The van der Waals surface area contributed by atoms with Gasteiger partial charge in [0.1, 0.15) is 11.3 Å². The molecule has 1 aliphatic carbocycles. The second kappa shape index (κ2) is 6.88. The van der Waals surface area contributed by atoms with E-state index in [-0.39, 0.29) is 0 Å². The van der Waals surface area contributed by atoms with Crippen LogP contribution in [0.2, 0.25) is 0 Å². The molecule has 2 saturated heterocycles. The summed E-state index contributed by atoms with van der Waals surface area (Å²) < 4.78 is 7.97. The van der Waals surface area contributed by atoms with Crippen molar-refractivity contribution in [3.05, 3.63) is 30.6 Å². The lowest BCUT2D eigenvalue weighted by Crippen LogP contribution is -2.51. The van der Waals surface area contributed by atoms with Crippen molar-refractivity contribution in [1.82, 2.24) is 24.2 Å². The summed E-state index contributed by atoms with van der Waals surface area (Å²) in [7, 11) is 1.62. The normalized spacial score (nSPS) is 24.4. The maximum atomic E-state index is 5.26. The van der Waals surface area contributed by atoms with Crippen molar-refractivity contribution in [3.8, 4) is 17.3 Å². The molecular weight excluding hydrogens is 384 g/mol. The minimum atomic E-state index is 0.581. The van der Waals surface area contributed by atoms with E-state index in [9.17, 15) is 0 Å².